The zero-order chi connectivity index (χ0) is 17.2. The lowest BCUT2D eigenvalue weighted by atomic mass is 9.47. The van der Waals surface area contributed by atoms with Gasteiger partial charge < -0.3 is 4.74 Å². The smallest absolute Gasteiger partial charge is 0.0951 e. The van der Waals surface area contributed by atoms with Crippen molar-refractivity contribution in [1.82, 2.24) is 0 Å². The Balaban J connectivity index is 1.55. The van der Waals surface area contributed by atoms with Crippen molar-refractivity contribution in [3.63, 3.8) is 0 Å². The van der Waals surface area contributed by atoms with Crippen molar-refractivity contribution in [2.75, 3.05) is 6.61 Å². The summed E-state index contributed by atoms with van der Waals surface area (Å²) >= 11 is 0. The number of fused-ring (bicyclic) bond motifs is 6. The van der Waals surface area contributed by atoms with E-state index in [4.69, 9.17) is 11.3 Å². The predicted molar refractivity (Wildman–Crippen MR) is 103 cm³/mol. The van der Waals surface area contributed by atoms with Crippen LogP contribution in [0.15, 0.2) is 36.5 Å². The summed E-state index contributed by atoms with van der Waals surface area (Å²) in [5, 5.41) is 0. The first-order chi connectivity index (χ1) is 12.1. The maximum Gasteiger partial charge on any atom is 0.0951 e. The number of allylic oxidation sites excluding steroid dienone is 3. The van der Waals surface area contributed by atoms with Gasteiger partial charge in [0, 0.05) is 5.41 Å². The molecule has 1 nitrogen and oxygen atoms in total. The van der Waals surface area contributed by atoms with Crippen LogP contribution < -0.4 is 0 Å². The van der Waals surface area contributed by atoms with Gasteiger partial charge in [-0.25, -0.2) is 0 Å². The van der Waals surface area contributed by atoms with E-state index in [1.807, 2.05) is 0 Å². The number of hydrogen-bond donors (Lipinski definition) is 0. The molecule has 1 saturated heterocycles. The van der Waals surface area contributed by atoms with Crippen LogP contribution >= 0.6 is 0 Å². The van der Waals surface area contributed by atoms with Crippen LogP contribution in [0.4, 0.5) is 0 Å². The van der Waals surface area contributed by atoms with Crippen LogP contribution in [0.5, 0.6) is 0 Å². The minimum Gasteiger partial charge on any atom is -0.370 e. The van der Waals surface area contributed by atoms with Gasteiger partial charge in [0.05, 0.1) is 12.2 Å². The lowest BCUT2D eigenvalue weighted by Crippen LogP contribution is -2.55. The molecule has 0 aromatic rings. The normalized spacial score (nSPS) is 51.5. The second kappa shape index (κ2) is 5.59. The topological polar surface area (TPSA) is 9.23 Å². The summed E-state index contributed by atoms with van der Waals surface area (Å²) in [4.78, 5) is 0. The Morgan fingerprint density at radius 3 is 2.80 bits per heavy atom. The summed E-state index contributed by atoms with van der Waals surface area (Å²) in [7, 11) is 0. The minimum atomic E-state index is -0.0242. The SMILES string of the molecule is C=C1C[C@@]2(CC)[C@@H](CC[C@@]23OCCC3=C)[C@@H]2CC[C@H]3C=CCC[C@@H]3[C@@H]12. The quantitative estimate of drug-likeness (QED) is 0.527. The van der Waals surface area contributed by atoms with Gasteiger partial charge in [-0.05, 0) is 93.0 Å². The zero-order valence-corrected chi connectivity index (χ0v) is 15.9. The van der Waals surface area contributed by atoms with Gasteiger partial charge in [-0.15, -0.1) is 0 Å². The molecule has 1 aliphatic heterocycles. The van der Waals surface area contributed by atoms with Crippen molar-refractivity contribution >= 4 is 0 Å². The molecule has 0 bridgehead atoms. The Labute approximate surface area is 153 Å². The minimum absolute atomic E-state index is 0.0242. The summed E-state index contributed by atoms with van der Waals surface area (Å²) in [6.07, 6.45) is 16.5. The fourth-order valence-corrected chi connectivity index (χ4v) is 8.29. The summed E-state index contributed by atoms with van der Waals surface area (Å²) in [5.41, 5.74) is 3.23. The van der Waals surface area contributed by atoms with E-state index in [-0.39, 0.29) is 11.0 Å². The molecule has 1 heteroatoms. The van der Waals surface area contributed by atoms with E-state index in [2.05, 4.69) is 25.7 Å². The number of hydrogen-bond acceptors (Lipinski definition) is 1. The summed E-state index contributed by atoms with van der Waals surface area (Å²) in [6, 6.07) is 0. The molecular formula is C24H34O. The van der Waals surface area contributed by atoms with Gasteiger partial charge in [0.2, 0.25) is 0 Å². The van der Waals surface area contributed by atoms with Gasteiger partial charge in [0.15, 0.2) is 0 Å². The van der Waals surface area contributed by atoms with Crippen molar-refractivity contribution in [2.24, 2.45) is 35.0 Å². The van der Waals surface area contributed by atoms with E-state index in [1.54, 1.807) is 5.57 Å². The zero-order valence-electron chi connectivity index (χ0n) is 15.9. The maximum absolute atomic E-state index is 6.56. The largest absolute Gasteiger partial charge is 0.370 e. The van der Waals surface area contributed by atoms with Crippen LogP contribution in [0.1, 0.15) is 64.7 Å². The molecule has 0 aromatic heterocycles. The standard InChI is InChI=1S/C24H34O/c1-4-23-15-16(2)22-19-8-6-5-7-18(19)9-10-20(22)21(23)11-13-24(23)17(3)12-14-25-24/h5,7,18-22H,2-4,6,8-15H2,1H3/t18-,19+,20+,21+,22-,23+,24+/m1/s1. The lowest BCUT2D eigenvalue weighted by Gasteiger charge is -2.58. The molecule has 0 N–H and O–H groups in total. The third-order valence-electron chi connectivity index (χ3n) is 9.16. The molecule has 0 amide bonds. The van der Waals surface area contributed by atoms with E-state index in [9.17, 15) is 0 Å². The molecule has 25 heavy (non-hydrogen) atoms. The van der Waals surface area contributed by atoms with Crippen LogP contribution in [0, 0.1) is 35.0 Å². The highest BCUT2D eigenvalue weighted by molar-refractivity contribution is 5.33. The molecule has 0 radical (unpaired) electrons. The van der Waals surface area contributed by atoms with E-state index in [1.165, 1.54) is 56.9 Å². The Hall–Kier alpha value is -0.820. The summed E-state index contributed by atoms with van der Waals surface area (Å²) in [5.74, 6) is 4.16. The molecule has 5 rings (SSSR count). The number of ether oxygens (including phenoxy) is 1. The molecule has 5 aliphatic rings. The average molecular weight is 339 g/mol. The summed E-state index contributed by atoms with van der Waals surface area (Å²) < 4.78 is 6.56. The van der Waals surface area contributed by atoms with Crippen LogP contribution in [-0.4, -0.2) is 12.2 Å². The molecule has 4 fully saturated rings. The van der Waals surface area contributed by atoms with E-state index >= 15 is 0 Å². The fraction of sp³-hybridized carbons (Fsp3) is 0.750. The highest BCUT2D eigenvalue weighted by atomic mass is 16.5. The molecule has 1 heterocycles. The second-order valence-corrected chi connectivity index (χ2v) is 9.62. The van der Waals surface area contributed by atoms with Crippen molar-refractivity contribution < 1.29 is 4.74 Å². The molecule has 1 spiro atoms. The van der Waals surface area contributed by atoms with Crippen molar-refractivity contribution in [3.8, 4) is 0 Å². The van der Waals surface area contributed by atoms with Gasteiger partial charge in [0.25, 0.3) is 0 Å². The molecule has 3 saturated carbocycles. The third kappa shape index (κ3) is 1.94. The monoisotopic (exact) mass is 338 g/mol. The molecule has 136 valence electrons. The molecule has 7 atom stereocenters. The van der Waals surface area contributed by atoms with Crippen molar-refractivity contribution in [2.45, 2.75) is 70.3 Å². The first kappa shape index (κ1) is 16.4. The second-order valence-electron chi connectivity index (χ2n) is 9.62. The number of rotatable bonds is 1. The highest BCUT2D eigenvalue weighted by Gasteiger charge is 2.67. The van der Waals surface area contributed by atoms with E-state index < -0.39 is 0 Å². The average Bonchev–Trinajstić information content (AvgIpc) is 3.17. The van der Waals surface area contributed by atoms with Gasteiger partial charge in [-0.2, -0.15) is 0 Å². The maximum atomic E-state index is 6.56. The Bertz CT molecular complexity index is 630. The van der Waals surface area contributed by atoms with Crippen LogP contribution in [0.2, 0.25) is 0 Å². The Kier molecular flexibility index (Phi) is 3.66. The van der Waals surface area contributed by atoms with E-state index in [0.29, 0.717) is 0 Å². The highest BCUT2D eigenvalue weighted by Crippen LogP contribution is 2.70. The lowest BCUT2D eigenvalue weighted by molar-refractivity contribution is -0.113. The van der Waals surface area contributed by atoms with Crippen LogP contribution in [0.3, 0.4) is 0 Å². The fourth-order valence-electron chi connectivity index (χ4n) is 8.29. The van der Waals surface area contributed by atoms with Crippen LogP contribution in [0.25, 0.3) is 0 Å². The third-order valence-corrected chi connectivity index (χ3v) is 9.16. The molecule has 0 aromatic carbocycles. The van der Waals surface area contributed by atoms with E-state index in [0.717, 1.165) is 42.6 Å². The molecular weight excluding hydrogens is 304 g/mol. The van der Waals surface area contributed by atoms with Crippen molar-refractivity contribution in [1.29, 1.82) is 0 Å². The van der Waals surface area contributed by atoms with Gasteiger partial charge in [-0.1, -0.05) is 37.8 Å². The first-order valence-corrected chi connectivity index (χ1v) is 10.8. The van der Waals surface area contributed by atoms with Gasteiger partial charge in [-0.3, -0.25) is 0 Å². The van der Waals surface area contributed by atoms with Gasteiger partial charge >= 0.3 is 0 Å². The Morgan fingerprint density at radius 1 is 1.16 bits per heavy atom. The molecule has 4 aliphatic carbocycles. The Morgan fingerprint density at radius 2 is 2.04 bits per heavy atom. The van der Waals surface area contributed by atoms with Gasteiger partial charge in [0.1, 0.15) is 0 Å². The predicted octanol–water partition coefficient (Wildman–Crippen LogP) is 6.08. The first-order valence-electron chi connectivity index (χ1n) is 10.8. The summed E-state index contributed by atoms with van der Waals surface area (Å²) in [6.45, 7) is 12.5. The van der Waals surface area contributed by atoms with Crippen LogP contribution in [-0.2, 0) is 4.74 Å². The van der Waals surface area contributed by atoms with Crippen molar-refractivity contribution in [3.05, 3.63) is 36.5 Å². The molecule has 0 unspecified atom stereocenters.